The number of fused-ring (bicyclic) bond motifs is 3. The molecule has 1 atom stereocenters. The van der Waals surface area contributed by atoms with Crippen molar-refractivity contribution in [3.05, 3.63) is 70.7 Å². The van der Waals surface area contributed by atoms with E-state index in [1.165, 1.54) is 5.39 Å². The summed E-state index contributed by atoms with van der Waals surface area (Å²) in [6.45, 7) is 1.32. The molecule has 0 saturated carbocycles. The molecule has 1 heterocycles. The van der Waals surface area contributed by atoms with Crippen LogP contribution in [0.5, 0.6) is 5.75 Å². The minimum Gasteiger partial charge on any atom is -0.492 e. The Morgan fingerprint density at radius 3 is 2.59 bits per heavy atom. The summed E-state index contributed by atoms with van der Waals surface area (Å²) in [6.07, 6.45) is 0.324. The molecule has 9 heteroatoms. The Morgan fingerprint density at radius 2 is 1.81 bits per heavy atom. The smallest absolute Gasteiger partial charge is 0.229 e. The first-order chi connectivity index (χ1) is 15.3. The molecule has 1 aromatic heterocycles. The minimum absolute atomic E-state index is 0.321. The monoisotopic (exact) mass is 517 g/mol. The number of benzene rings is 3. The van der Waals surface area contributed by atoms with Crippen molar-refractivity contribution >= 4 is 53.4 Å². The van der Waals surface area contributed by atoms with Crippen LogP contribution in [0.15, 0.2) is 65.1 Å². The second kappa shape index (κ2) is 9.50. The van der Waals surface area contributed by atoms with Gasteiger partial charge in [0.15, 0.2) is 0 Å². The van der Waals surface area contributed by atoms with Crippen LogP contribution in [-0.2, 0) is 10.0 Å². The fourth-order valence-electron chi connectivity index (χ4n) is 3.57. The molecule has 0 aliphatic heterocycles. The van der Waals surface area contributed by atoms with Crippen molar-refractivity contribution in [2.45, 2.75) is 6.10 Å². The molecule has 0 radical (unpaired) electrons. The van der Waals surface area contributed by atoms with Crippen LogP contribution in [0, 0.1) is 0 Å². The van der Waals surface area contributed by atoms with Crippen LogP contribution in [0.2, 0.25) is 0 Å². The van der Waals surface area contributed by atoms with Crippen LogP contribution in [0.1, 0.15) is 11.7 Å². The highest BCUT2D eigenvalue weighted by Gasteiger charge is 2.10. The summed E-state index contributed by atoms with van der Waals surface area (Å²) in [4.78, 5) is 3.41. The molecule has 0 fully saturated rings. The van der Waals surface area contributed by atoms with Gasteiger partial charge in [-0.05, 0) is 42.0 Å². The Kier molecular flexibility index (Phi) is 6.71. The fraction of sp³-hybridized carbons (Fsp3) is 0.217. The zero-order valence-electron chi connectivity index (χ0n) is 17.4. The number of hydrogen-bond donors (Lipinski definition) is 4. The Bertz CT molecular complexity index is 1350. The summed E-state index contributed by atoms with van der Waals surface area (Å²) in [7, 11) is -3.36. The number of sulfonamides is 1. The molecular formula is C23H24BrN3O4S. The lowest BCUT2D eigenvalue weighted by atomic mass is 10.1. The van der Waals surface area contributed by atoms with Crippen LogP contribution in [0.3, 0.4) is 0 Å². The van der Waals surface area contributed by atoms with E-state index in [0.29, 0.717) is 30.9 Å². The molecule has 4 N–H and O–H groups in total. The van der Waals surface area contributed by atoms with Crippen LogP contribution in [0.25, 0.3) is 21.8 Å². The summed E-state index contributed by atoms with van der Waals surface area (Å²) < 4.78 is 32.0. The van der Waals surface area contributed by atoms with E-state index < -0.39 is 16.1 Å². The number of rotatable bonds is 9. The van der Waals surface area contributed by atoms with Gasteiger partial charge in [0, 0.05) is 45.6 Å². The van der Waals surface area contributed by atoms with Crippen molar-refractivity contribution in [3.8, 4) is 5.75 Å². The lowest BCUT2D eigenvalue weighted by Gasteiger charge is -2.14. The molecular weight excluding hydrogens is 494 g/mol. The molecule has 0 amide bonds. The van der Waals surface area contributed by atoms with E-state index in [4.69, 9.17) is 4.74 Å². The van der Waals surface area contributed by atoms with Crippen LogP contribution in [-0.4, -0.2) is 44.5 Å². The number of nitrogens with one attached hydrogen (secondary N) is 3. The molecule has 7 nitrogen and oxygen atoms in total. The third-order valence-corrected chi connectivity index (χ3v) is 6.09. The Labute approximate surface area is 195 Å². The van der Waals surface area contributed by atoms with Crippen molar-refractivity contribution < 1.29 is 18.3 Å². The normalized spacial score (nSPS) is 12.8. The number of anilines is 1. The highest BCUT2D eigenvalue weighted by Crippen LogP contribution is 2.30. The maximum absolute atomic E-state index is 11.4. The molecule has 4 rings (SSSR count). The summed E-state index contributed by atoms with van der Waals surface area (Å²) in [5.74, 6) is 0.769. The maximum Gasteiger partial charge on any atom is 0.229 e. The summed E-state index contributed by atoms with van der Waals surface area (Å²) in [6, 6.07) is 18.9. The highest BCUT2D eigenvalue weighted by atomic mass is 79.9. The van der Waals surface area contributed by atoms with Crippen molar-refractivity contribution in [2.75, 3.05) is 30.7 Å². The number of halogens is 1. The first-order valence-corrected chi connectivity index (χ1v) is 12.8. The van der Waals surface area contributed by atoms with Gasteiger partial charge in [-0.3, -0.25) is 4.72 Å². The fourth-order valence-corrected chi connectivity index (χ4v) is 4.49. The molecule has 0 saturated heterocycles. The van der Waals surface area contributed by atoms with Gasteiger partial charge in [0.1, 0.15) is 12.4 Å². The van der Waals surface area contributed by atoms with E-state index in [1.807, 2.05) is 24.3 Å². The predicted molar refractivity (Wildman–Crippen MR) is 132 cm³/mol. The third kappa shape index (κ3) is 5.60. The highest BCUT2D eigenvalue weighted by molar-refractivity contribution is 9.10. The summed E-state index contributed by atoms with van der Waals surface area (Å²) >= 11 is 3.50. The van der Waals surface area contributed by atoms with Gasteiger partial charge in [-0.15, -0.1) is 0 Å². The number of hydrogen-bond acceptors (Lipinski definition) is 5. The zero-order valence-corrected chi connectivity index (χ0v) is 19.8. The van der Waals surface area contributed by atoms with Gasteiger partial charge in [0.25, 0.3) is 0 Å². The number of aromatic nitrogens is 1. The van der Waals surface area contributed by atoms with Gasteiger partial charge < -0.3 is 20.1 Å². The SMILES string of the molecule is CS(=O)(=O)Nc1cccc(C(O)CNCCOc2ccc3c(c2)[nH]c2cc(Br)ccc23)c1. The Hall–Kier alpha value is -2.59. The second-order valence-electron chi connectivity index (χ2n) is 7.59. The predicted octanol–water partition coefficient (Wildman–Crippen LogP) is 4.16. The lowest BCUT2D eigenvalue weighted by Crippen LogP contribution is -2.26. The van der Waals surface area contributed by atoms with Gasteiger partial charge >= 0.3 is 0 Å². The van der Waals surface area contributed by atoms with Crippen molar-refractivity contribution in [2.24, 2.45) is 0 Å². The first-order valence-electron chi connectivity index (χ1n) is 10.1. The van der Waals surface area contributed by atoms with Crippen molar-refractivity contribution in [3.63, 3.8) is 0 Å². The van der Waals surface area contributed by atoms with Gasteiger partial charge in [0.05, 0.1) is 17.9 Å². The average molecular weight is 518 g/mol. The number of H-pyrrole nitrogens is 1. The molecule has 4 aromatic rings. The van der Waals surface area contributed by atoms with Crippen LogP contribution < -0.4 is 14.8 Å². The van der Waals surface area contributed by atoms with Gasteiger partial charge in [0.2, 0.25) is 10.0 Å². The Balaban J connectivity index is 1.28. The quantitative estimate of drug-likeness (QED) is 0.249. The number of aliphatic hydroxyl groups is 1. The topological polar surface area (TPSA) is 103 Å². The lowest BCUT2D eigenvalue weighted by molar-refractivity contribution is 0.172. The molecule has 32 heavy (non-hydrogen) atoms. The molecule has 168 valence electrons. The third-order valence-electron chi connectivity index (χ3n) is 4.99. The van der Waals surface area contributed by atoms with Crippen LogP contribution in [0.4, 0.5) is 5.69 Å². The summed E-state index contributed by atoms with van der Waals surface area (Å²) in [5.41, 5.74) is 3.13. The van der Waals surface area contributed by atoms with E-state index >= 15 is 0 Å². The van der Waals surface area contributed by atoms with Crippen molar-refractivity contribution in [1.82, 2.24) is 10.3 Å². The van der Waals surface area contributed by atoms with Gasteiger partial charge in [-0.1, -0.05) is 34.1 Å². The Morgan fingerprint density at radius 1 is 1.06 bits per heavy atom. The molecule has 1 unspecified atom stereocenters. The molecule has 3 aromatic carbocycles. The average Bonchev–Trinajstić information content (AvgIpc) is 3.08. The van der Waals surface area contributed by atoms with E-state index in [1.54, 1.807) is 24.3 Å². The second-order valence-corrected chi connectivity index (χ2v) is 10.3. The standard InChI is InChI=1S/C23H24BrN3O4S/c1-32(29,30)27-17-4-2-3-15(11-17)23(28)14-25-9-10-31-18-6-8-20-19-7-5-16(24)12-21(19)26-22(20)13-18/h2-8,11-13,23,25-28H,9-10,14H2,1H3. The zero-order chi connectivity index (χ0) is 22.7. The number of ether oxygens (including phenoxy) is 1. The molecule has 0 aliphatic carbocycles. The summed E-state index contributed by atoms with van der Waals surface area (Å²) in [5, 5.41) is 15.9. The minimum atomic E-state index is -3.36. The van der Waals surface area contributed by atoms with Gasteiger partial charge in [-0.2, -0.15) is 0 Å². The first kappa shape index (κ1) is 22.6. The molecule has 0 aliphatic rings. The largest absolute Gasteiger partial charge is 0.492 e. The van der Waals surface area contributed by atoms with Crippen molar-refractivity contribution in [1.29, 1.82) is 0 Å². The van der Waals surface area contributed by atoms with E-state index in [0.717, 1.165) is 32.9 Å². The maximum atomic E-state index is 11.4. The van der Waals surface area contributed by atoms with Gasteiger partial charge in [-0.25, -0.2) is 8.42 Å². The van der Waals surface area contributed by atoms with E-state index in [9.17, 15) is 13.5 Å². The van der Waals surface area contributed by atoms with E-state index in [-0.39, 0.29) is 0 Å². The molecule has 0 spiro atoms. The molecule has 0 bridgehead atoms. The van der Waals surface area contributed by atoms with E-state index in [2.05, 4.69) is 43.1 Å². The number of aliphatic hydroxyl groups excluding tert-OH is 1. The van der Waals surface area contributed by atoms with Crippen LogP contribution >= 0.6 is 15.9 Å². The number of aromatic amines is 1.